The van der Waals surface area contributed by atoms with Gasteiger partial charge in [-0.3, -0.25) is 9.78 Å². The van der Waals surface area contributed by atoms with Crippen molar-refractivity contribution in [3.05, 3.63) is 42.5 Å². The van der Waals surface area contributed by atoms with Gasteiger partial charge in [0.15, 0.2) is 5.16 Å². The highest BCUT2D eigenvalue weighted by molar-refractivity contribution is 7.99. The lowest BCUT2D eigenvalue weighted by atomic mass is 10.3. The van der Waals surface area contributed by atoms with Crippen LogP contribution >= 0.6 is 11.8 Å². The van der Waals surface area contributed by atoms with Crippen LogP contribution in [-0.4, -0.2) is 33.4 Å². The summed E-state index contributed by atoms with van der Waals surface area (Å²) in [6.45, 7) is 0.643. The molecule has 0 bridgehead atoms. The number of pyridine rings is 1. The summed E-state index contributed by atoms with van der Waals surface area (Å²) >= 11 is 1.36. The number of esters is 1. The molecule has 0 spiro atoms. The summed E-state index contributed by atoms with van der Waals surface area (Å²) < 4.78 is 6.55. The third-order valence-corrected chi connectivity index (χ3v) is 3.26. The molecule has 2 aromatic rings. The quantitative estimate of drug-likeness (QED) is 0.605. The molecule has 18 heavy (non-hydrogen) atoms. The van der Waals surface area contributed by atoms with Crippen LogP contribution in [-0.2, 0) is 16.1 Å². The Morgan fingerprint density at radius 3 is 3.00 bits per heavy atom. The maximum Gasteiger partial charge on any atom is 0.316 e. The van der Waals surface area contributed by atoms with Crippen LogP contribution in [0.4, 0.5) is 0 Å². The Bertz CT molecular complexity index is 513. The number of aromatic nitrogens is 3. The fourth-order valence-electron chi connectivity index (χ4n) is 1.40. The number of hydrogen-bond acceptors (Lipinski definition) is 5. The van der Waals surface area contributed by atoms with E-state index < -0.39 is 0 Å². The monoisotopic (exact) mass is 263 g/mol. The van der Waals surface area contributed by atoms with Crippen molar-refractivity contribution < 1.29 is 9.53 Å². The highest BCUT2D eigenvalue weighted by Crippen LogP contribution is 2.16. The summed E-state index contributed by atoms with van der Waals surface area (Å²) in [5.41, 5.74) is 0.954. The normalized spacial score (nSPS) is 10.3. The smallest absolute Gasteiger partial charge is 0.316 e. The highest BCUT2D eigenvalue weighted by Gasteiger charge is 2.08. The number of ether oxygens (including phenoxy) is 1. The minimum Gasteiger partial charge on any atom is -0.468 e. The molecule has 0 aromatic carbocycles. The van der Waals surface area contributed by atoms with Gasteiger partial charge in [-0.15, -0.1) is 0 Å². The summed E-state index contributed by atoms with van der Waals surface area (Å²) in [5.74, 6) is 0.00260. The van der Waals surface area contributed by atoms with Crippen LogP contribution in [0.1, 0.15) is 5.69 Å². The minimum atomic E-state index is -0.257. The molecule has 5 nitrogen and oxygen atoms in total. The average molecular weight is 263 g/mol. The molecule has 0 unspecified atom stereocenters. The first kappa shape index (κ1) is 12.6. The molecule has 6 heteroatoms. The lowest BCUT2D eigenvalue weighted by Gasteiger charge is -2.06. The summed E-state index contributed by atoms with van der Waals surface area (Å²) in [6, 6.07) is 5.78. The number of hydrogen-bond donors (Lipinski definition) is 0. The molecule has 2 aromatic heterocycles. The SMILES string of the molecule is COC(=O)CSc1nccn1Cc1ccccn1. The molecule has 0 fully saturated rings. The van der Waals surface area contributed by atoms with Crippen molar-refractivity contribution >= 4 is 17.7 Å². The summed E-state index contributed by atoms with van der Waals surface area (Å²) in [7, 11) is 1.38. The van der Waals surface area contributed by atoms with Crippen LogP contribution < -0.4 is 0 Å². The molecule has 0 saturated heterocycles. The van der Waals surface area contributed by atoms with Gasteiger partial charge in [-0.05, 0) is 12.1 Å². The second kappa shape index (κ2) is 6.20. The number of nitrogens with zero attached hydrogens (tertiary/aromatic N) is 3. The van der Waals surface area contributed by atoms with Gasteiger partial charge in [0.1, 0.15) is 0 Å². The Labute approximate surface area is 109 Å². The van der Waals surface area contributed by atoms with Crippen molar-refractivity contribution in [3.8, 4) is 0 Å². The van der Waals surface area contributed by atoms with E-state index in [1.54, 1.807) is 12.4 Å². The van der Waals surface area contributed by atoms with Gasteiger partial charge >= 0.3 is 5.97 Å². The Kier molecular flexibility index (Phi) is 4.35. The first-order valence-electron chi connectivity index (χ1n) is 5.40. The topological polar surface area (TPSA) is 57.0 Å². The van der Waals surface area contributed by atoms with Crippen LogP contribution in [0.2, 0.25) is 0 Å². The van der Waals surface area contributed by atoms with Crippen molar-refractivity contribution in [2.24, 2.45) is 0 Å². The minimum absolute atomic E-state index is 0.257. The van der Waals surface area contributed by atoms with Crippen molar-refractivity contribution in [3.63, 3.8) is 0 Å². The summed E-state index contributed by atoms with van der Waals surface area (Å²) in [4.78, 5) is 19.5. The zero-order valence-electron chi connectivity index (χ0n) is 9.94. The molecule has 2 rings (SSSR count). The molecule has 0 radical (unpaired) electrons. The van der Waals surface area contributed by atoms with Crippen LogP contribution in [0, 0.1) is 0 Å². The second-order valence-corrected chi connectivity index (χ2v) is 4.47. The fourth-order valence-corrected chi connectivity index (χ4v) is 2.20. The van der Waals surface area contributed by atoms with E-state index in [0.29, 0.717) is 6.54 Å². The van der Waals surface area contributed by atoms with Gasteiger partial charge < -0.3 is 9.30 Å². The Balaban J connectivity index is 2.02. The standard InChI is InChI=1S/C12H13N3O2S/c1-17-11(16)9-18-12-14-6-7-15(12)8-10-4-2-3-5-13-10/h2-7H,8-9H2,1H3. The van der Waals surface area contributed by atoms with E-state index >= 15 is 0 Å². The van der Waals surface area contributed by atoms with Gasteiger partial charge in [-0.2, -0.15) is 0 Å². The maximum absolute atomic E-state index is 11.1. The van der Waals surface area contributed by atoms with Crippen LogP contribution in [0.25, 0.3) is 0 Å². The molecule has 0 aliphatic carbocycles. The van der Waals surface area contributed by atoms with E-state index in [0.717, 1.165) is 10.9 Å². The fraction of sp³-hybridized carbons (Fsp3) is 0.250. The Morgan fingerprint density at radius 2 is 2.28 bits per heavy atom. The van der Waals surface area contributed by atoms with Gasteiger partial charge in [0.25, 0.3) is 0 Å². The van der Waals surface area contributed by atoms with Crippen LogP contribution in [0.3, 0.4) is 0 Å². The zero-order chi connectivity index (χ0) is 12.8. The largest absolute Gasteiger partial charge is 0.468 e. The van der Waals surface area contributed by atoms with Gasteiger partial charge in [0.2, 0.25) is 0 Å². The van der Waals surface area contributed by atoms with Gasteiger partial charge in [-0.25, -0.2) is 4.98 Å². The van der Waals surface area contributed by atoms with Crippen molar-refractivity contribution in [2.75, 3.05) is 12.9 Å². The second-order valence-electron chi connectivity index (χ2n) is 3.52. The predicted octanol–water partition coefficient (Wildman–Crippen LogP) is 1.59. The molecule has 0 amide bonds. The molecular formula is C12H13N3O2S. The van der Waals surface area contributed by atoms with E-state index in [4.69, 9.17) is 0 Å². The summed E-state index contributed by atoms with van der Waals surface area (Å²) in [5, 5.41) is 0.783. The lowest BCUT2D eigenvalue weighted by molar-refractivity contribution is -0.137. The molecule has 0 aliphatic rings. The van der Waals surface area contributed by atoms with E-state index in [1.807, 2.05) is 29.0 Å². The Hall–Kier alpha value is -1.82. The number of methoxy groups -OCH3 is 1. The third kappa shape index (κ3) is 3.33. The first-order valence-corrected chi connectivity index (χ1v) is 6.39. The molecule has 0 atom stereocenters. The molecule has 94 valence electrons. The third-order valence-electron chi connectivity index (χ3n) is 2.28. The number of carbonyl (C=O) groups is 1. The number of imidazole rings is 1. The van der Waals surface area contributed by atoms with E-state index in [9.17, 15) is 4.79 Å². The van der Waals surface area contributed by atoms with Crippen molar-refractivity contribution in [1.29, 1.82) is 0 Å². The zero-order valence-corrected chi connectivity index (χ0v) is 10.8. The number of rotatable bonds is 5. The Morgan fingerprint density at radius 1 is 1.39 bits per heavy atom. The van der Waals surface area contributed by atoms with E-state index in [-0.39, 0.29) is 11.7 Å². The summed E-state index contributed by atoms with van der Waals surface area (Å²) in [6.07, 6.45) is 5.34. The highest BCUT2D eigenvalue weighted by atomic mass is 32.2. The molecule has 2 heterocycles. The number of thioether (sulfide) groups is 1. The maximum atomic E-state index is 11.1. The van der Waals surface area contributed by atoms with Gasteiger partial charge in [-0.1, -0.05) is 17.8 Å². The average Bonchev–Trinajstić information content (AvgIpc) is 2.84. The van der Waals surface area contributed by atoms with Gasteiger partial charge in [0, 0.05) is 18.6 Å². The van der Waals surface area contributed by atoms with E-state index in [2.05, 4.69) is 14.7 Å². The molecule has 0 saturated carbocycles. The van der Waals surface area contributed by atoms with Crippen molar-refractivity contribution in [1.82, 2.24) is 14.5 Å². The number of carbonyl (C=O) groups excluding carboxylic acids is 1. The van der Waals surface area contributed by atoms with Crippen LogP contribution in [0.15, 0.2) is 41.9 Å². The van der Waals surface area contributed by atoms with Gasteiger partial charge in [0.05, 0.1) is 25.1 Å². The molecule has 0 N–H and O–H groups in total. The molecule has 0 aliphatic heterocycles. The lowest BCUT2D eigenvalue weighted by Crippen LogP contribution is -2.06. The van der Waals surface area contributed by atoms with E-state index in [1.165, 1.54) is 18.9 Å². The predicted molar refractivity (Wildman–Crippen MR) is 68.3 cm³/mol. The first-order chi connectivity index (χ1) is 8.79. The van der Waals surface area contributed by atoms with Crippen molar-refractivity contribution in [2.45, 2.75) is 11.7 Å². The molecular weight excluding hydrogens is 250 g/mol. The van der Waals surface area contributed by atoms with Crippen LogP contribution in [0.5, 0.6) is 0 Å².